The topological polar surface area (TPSA) is 40.5 Å². The molecule has 4 rings (SSSR count). The molecule has 1 N–H and O–H groups in total. The lowest BCUT2D eigenvalue weighted by Gasteiger charge is -2.29. The summed E-state index contributed by atoms with van der Waals surface area (Å²) in [6.07, 6.45) is 1.69. The highest BCUT2D eigenvalue weighted by molar-refractivity contribution is 6.31. The molecule has 2 aromatic rings. The lowest BCUT2D eigenvalue weighted by Crippen LogP contribution is -2.36. The van der Waals surface area contributed by atoms with Gasteiger partial charge in [0.25, 0.3) is 5.91 Å². The summed E-state index contributed by atoms with van der Waals surface area (Å²) in [5.74, 6) is -0.0981. The Morgan fingerprint density at radius 2 is 1.92 bits per heavy atom. The Bertz CT molecular complexity index is 869. The molecule has 5 heteroatoms. The summed E-state index contributed by atoms with van der Waals surface area (Å²) in [5, 5.41) is 10.8. The van der Waals surface area contributed by atoms with Gasteiger partial charge < -0.3 is 10.0 Å². The average Bonchev–Trinajstić information content (AvgIpc) is 2.90. The molecule has 0 fully saturated rings. The van der Waals surface area contributed by atoms with Crippen LogP contribution in [-0.4, -0.2) is 29.0 Å². The van der Waals surface area contributed by atoms with Crippen LogP contribution in [0.2, 0.25) is 10.0 Å². The molecule has 1 heterocycles. The first-order valence-corrected chi connectivity index (χ1v) is 8.55. The standard InChI is InChI=1S/C19H15Cl2NO2/c20-14-2-1-11-5-13-10-22(4-3-17(13)18(11)9-14)19(24)12-6-15(21)8-16(23)7-12/h1-2,6-9,23H,3-5,10H2. The molecule has 1 amide bonds. The Morgan fingerprint density at radius 1 is 1.08 bits per heavy atom. The monoisotopic (exact) mass is 359 g/mol. The summed E-state index contributed by atoms with van der Waals surface area (Å²) in [7, 11) is 0. The van der Waals surface area contributed by atoms with Gasteiger partial charge in [-0.2, -0.15) is 0 Å². The zero-order chi connectivity index (χ0) is 16.8. The van der Waals surface area contributed by atoms with Crippen LogP contribution in [0.4, 0.5) is 0 Å². The fourth-order valence-corrected chi connectivity index (χ4v) is 3.98. The van der Waals surface area contributed by atoms with E-state index in [-0.39, 0.29) is 11.7 Å². The van der Waals surface area contributed by atoms with Crippen molar-refractivity contribution < 1.29 is 9.90 Å². The van der Waals surface area contributed by atoms with Crippen molar-refractivity contribution in [1.82, 2.24) is 4.90 Å². The highest BCUT2D eigenvalue weighted by atomic mass is 35.5. The molecule has 1 aliphatic heterocycles. The fourth-order valence-electron chi connectivity index (χ4n) is 3.58. The van der Waals surface area contributed by atoms with Crippen LogP contribution in [0.15, 0.2) is 42.0 Å². The minimum Gasteiger partial charge on any atom is -0.508 e. The molecular weight excluding hydrogens is 345 g/mol. The lowest BCUT2D eigenvalue weighted by molar-refractivity contribution is 0.0767. The maximum atomic E-state index is 12.7. The van der Waals surface area contributed by atoms with E-state index in [9.17, 15) is 9.90 Å². The summed E-state index contributed by atoms with van der Waals surface area (Å²) in [4.78, 5) is 14.5. The van der Waals surface area contributed by atoms with Crippen LogP contribution in [-0.2, 0) is 6.42 Å². The third kappa shape index (κ3) is 2.68. The van der Waals surface area contributed by atoms with Crippen molar-refractivity contribution in [3.8, 4) is 5.75 Å². The van der Waals surface area contributed by atoms with Gasteiger partial charge in [-0.1, -0.05) is 29.3 Å². The van der Waals surface area contributed by atoms with Gasteiger partial charge in [-0.05, 0) is 65.4 Å². The number of amides is 1. The molecule has 0 bridgehead atoms. The Labute approximate surface area is 150 Å². The van der Waals surface area contributed by atoms with Gasteiger partial charge in [0.05, 0.1) is 0 Å². The molecule has 0 saturated heterocycles. The van der Waals surface area contributed by atoms with Gasteiger partial charge in [0.1, 0.15) is 5.75 Å². The smallest absolute Gasteiger partial charge is 0.254 e. The molecular formula is C19H15Cl2NO2. The molecule has 2 aliphatic rings. The third-order valence-corrected chi connectivity index (χ3v) is 5.11. The van der Waals surface area contributed by atoms with E-state index in [0.29, 0.717) is 23.7 Å². The molecule has 2 aromatic carbocycles. The molecule has 122 valence electrons. The number of benzene rings is 2. The first-order chi connectivity index (χ1) is 11.5. The van der Waals surface area contributed by atoms with E-state index < -0.39 is 0 Å². The van der Waals surface area contributed by atoms with Gasteiger partial charge in [-0.3, -0.25) is 4.79 Å². The van der Waals surface area contributed by atoms with Crippen molar-refractivity contribution in [1.29, 1.82) is 0 Å². The van der Waals surface area contributed by atoms with E-state index in [0.717, 1.165) is 17.9 Å². The van der Waals surface area contributed by atoms with E-state index in [1.807, 2.05) is 17.0 Å². The predicted octanol–water partition coefficient (Wildman–Crippen LogP) is 4.55. The molecule has 0 aromatic heterocycles. The third-order valence-electron chi connectivity index (χ3n) is 4.66. The number of nitrogens with zero attached hydrogens (tertiary/aromatic N) is 1. The van der Waals surface area contributed by atoms with E-state index in [1.54, 1.807) is 6.07 Å². The molecule has 0 unspecified atom stereocenters. The Balaban J connectivity index is 1.60. The van der Waals surface area contributed by atoms with Crippen LogP contribution in [0, 0.1) is 0 Å². The maximum Gasteiger partial charge on any atom is 0.254 e. The van der Waals surface area contributed by atoms with Gasteiger partial charge >= 0.3 is 0 Å². The minimum atomic E-state index is -0.103. The molecule has 0 atom stereocenters. The summed E-state index contributed by atoms with van der Waals surface area (Å²) in [6.45, 7) is 1.25. The zero-order valence-corrected chi connectivity index (χ0v) is 14.4. The van der Waals surface area contributed by atoms with Crippen LogP contribution in [0.3, 0.4) is 0 Å². The second-order valence-electron chi connectivity index (χ2n) is 6.24. The Hall–Kier alpha value is -1.97. The highest BCUT2D eigenvalue weighted by Crippen LogP contribution is 2.39. The molecule has 0 saturated carbocycles. The number of halogens is 2. The summed E-state index contributed by atoms with van der Waals surface area (Å²) in [6, 6.07) is 10.5. The number of aromatic hydroxyl groups is 1. The average molecular weight is 360 g/mol. The van der Waals surface area contributed by atoms with Gasteiger partial charge in [0.15, 0.2) is 0 Å². The predicted molar refractivity (Wildman–Crippen MR) is 95.7 cm³/mol. The number of phenolic OH excluding ortho intramolecular Hbond substituents is 1. The number of rotatable bonds is 1. The number of phenols is 1. The quantitative estimate of drug-likeness (QED) is 0.810. The second kappa shape index (κ2) is 5.83. The first-order valence-electron chi connectivity index (χ1n) is 7.80. The molecule has 0 radical (unpaired) electrons. The van der Waals surface area contributed by atoms with E-state index in [2.05, 4.69) is 6.07 Å². The van der Waals surface area contributed by atoms with Crippen LogP contribution in [0.25, 0.3) is 5.57 Å². The largest absolute Gasteiger partial charge is 0.508 e. The normalized spacial score (nSPS) is 16.2. The van der Waals surface area contributed by atoms with Crippen molar-refractivity contribution in [2.75, 3.05) is 13.1 Å². The SMILES string of the molecule is O=C(c1cc(O)cc(Cl)c1)N1CCC2=C(Cc3ccc(Cl)cc32)C1. The van der Waals surface area contributed by atoms with Gasteiger partial charge in [-0.15, -0.1) is 0 Å². The number of hydrogen-bond donors (Lipinski definition) is 1. The van der Waals surface area contributed by atoms with Crippen LogP contribution in [0.5, 0.6) is 5.75 Å². The Morgan fingerprint density at radius 3 is 2.71 bits per heavy atom. The van der Waals surface area contributed by atoms with Crippen LogP contribution >= 0.6 is 23.2 Å². The van der Waals surface area contributed by atoms with Crippen molar-refractivity contribution >= 4 is 34.7 Å². The number of fused-ring (bicyclic) bond motifs is 2. The van der Waals surface area contributed by atoms with Gasteiger partial charge in [0, 0.05) is 28.7 Å². The van der Waals surface area contributed by atoms with Crippen molar-refractivity contribution in [3.05, 3.63) is 68.7 Å². The molecule has 1 aliphatic carbocycles. The van der Waals surface area contributed by atoms with Crippen molar-refractivity contribution in [3.63, 3.8) is 0 Å². The van der Waals surface area contributed by atoms with Crippen LogP contribution < -0.4 is 0 Å². The number of hydrogen-bond acceptors (Lipinski definition) is 2. The molecule has 3 nitrogen and oxygen atoms in total. The van der Waals surface area contributed by atoms with E-state index >= 15 is 0 Å². The van der Waals surface area contributed by atoms with Gasteiger partial charge in [-0.25, -0.2) is 0 Å². The Kier molecular flexibility index (Phi) is 3.78. The van der Waals surface area contributed by atoms with E-state index in [1.165, 1.54) is 34.4 Å². The lowest BCUT2D eigenvalue weighted by atomic mass is 9.98. The van der Waals surface area contributed by atoms with Crippen molar-refractivity contribution in [2.45, 2.75) is 12.8 Å². The van der Waals surface area contributed by atoms with Gasteiger partial charge in [0.2, 0.25) is 0 Å². The minimum absolute atomic E-state index is 0.00526. The maximum absolute atomic E-state index is 12.7. The first kappa shape index (κ1) is 15.6. The summed E-state index contributed by atoms with van der Waals surface area (Å²) >= 11 is 12.1. The van der Waals surface area contributed by atoms with Crippen molar-refractivity contribution in [2.24, 2.45) is 0 Å². The second-order valence-corrected chi connectivity index (χ2v) is 7.11. The van der Waals surface area contributed by atoms with E-state index in [4.69, 9.17) is 23.2 Å². The summed E-state index contributed by atoms with van der Waals surface area (Å²) < 4.78 is 0. The fraction of sp³-hybridized carbons (Fsp3) is 0.211. The number of carbonyl (C=O) groups is 1. The number of carbonyl (C=O) groups excluding carboxylic acids is 1. The highest BCUT2D eigenvalue weighted by Gasteiger charge is 2.29. The van der Waals surface area contributed by atoms with Crippen LogP contribution in [0.1, 0.15) is 27.9 Å². The zero-order valence-electron chi connectivity index (χ0n) is 12.9. The molecule has 24 heavy (non-hydrogen) atoms. The molecule has 0 spiro atoms. The summed E-state index contributed by atoms with van der Waals surface area (Å²) in [5.41, 5.74) is 5.52.